The molecule has 1 heterocycles. The maximum atomic E-state index is 12.3. The average Bonchev–Trinajstić information content (AvgIpc) is 2.18. The molecule has 0 aliphatic carbocycles. The van der Waals surface area contributed by atoms with E-state index in [4.69, 9.17) is 5.26 Å². The van der Waals surface area contributed by atoms with Crippen LogP contribution >= 0.6 is 0 Å². The minimum absolute atomic E-state index is 0.0172. The number of nitriles is 1. The minimum Gasteiger partial charge on any atom is -0.341 e. The molecule has 0 N–H and O–H groups in total. The zero-order chi connectivity index (χ0) is 9.68. The summed E-state index contributed by atoms with van der Waals surface area (Å²) in [5.74, 6) is -0.183. The summed E-state index contributed by atoms with van der Waals surface area (Å²) in [6, 6.07) is 1.81. The maximum Gasteiger partial charge on any atom is 0.236 e. The molecule has 0 unspecified atom stereocenters. The van der Waals surface area contributed by atoms with Gasteiger partial charge < -0.3 is 4.90 Å². The number of rotatable bonds is 2. The van der Waals surface area contributed by atoms with E-state index in [-0.39, 0.29) is 24.9 Å². The maximum absolute atomic E-state index is 12.3. The van der Waals surface area contributed by atoms with E-state index in [9.17, 15) is 9.18 Å². The number of nitrogens with zero attached hydrogens (tertiary/aromatic N) is 2. The molecular weight excluding hydrogens is 171 g/mol. The molecule has 0 aromatic heterocycles. The van der Waals surface area contributed by atoms with Gasteiger partial charge in [0.15, 0.2) is 0 Å². The van der Waals surface area contributed by atoms with Crippen molar-refractivity contribution in [3.05, 3.63) is 0 Å². The van der Waals surface area contributed by atoms with Crippen LogP contribution < -0.4 is 0 Å². The van der Waals surface area contributed by atoms with Crippen LogP contribution in [0.3, 0.4) is 0 Å². The summed E-state index contributed by atoms with van der Waals surface area (Å²) in [4.78, 5) is 12.8. The van der Waals surface area contributed by atoms with Crippen LogP contribution in [-0.4, -0.2) is 30.6 Å². The highest BCUT2D eigenvalue weighted by atomic mass is 19.1. The number of piperidine rings is 1. The molecule has 1 saturated heterocycles. The summed E-state index contributed by atoms with van der Waals surface area (Å²) < 4.78 is 12.3. The van der Waals surface area contributed by atoms with E-state index < -0.39 is 0 Å². The van der Waals surface area contributed by atoms with Gasteiger partial charge in [0.25, 0.3) is 0 Å². The lowest BCUT2D eigenvalue weighted by Gasteiger charge is -2.30. The third-order valence-electron chi connectivity index (χ3n) is 2.32. The molecule has 0 aromatic carbocycles. The van der Waals surface area contributed by atoms with Crippen LogP contribution in [0.15, 0.2) is 0 Å². The second-order valence-corrected chi connectivity index (χ2v) is 3.34. The van der Waals surface area contributed by atoms with E-state index in [0.717, 1.165) is 12.8 Å². The number of hydrogen-bond donors (Lipinski definition) is 0. The highest BCUT2D eigenvalue weighted by molar-refractivity contribution is 5.78. The van der Waals surface area contributed by atoms with Crippen molar-refractivity contribution < 1.29 is 9.18 Å². The Morgan fingerprint density at radius 2 is 2.46 bits per heavy atom. The Labute approximate surface area is 77.1 Å². The Balaban J connectivity index is 2.42. The van der Waals surface area contributed by atoms with E-state index in [1.54, 1.807) is 4.90 Å². The van der Waals surface area contributed by atoms with Gasteiger partial charge in [-0.15, -0.1) is 0 Å². The fourth-order valence-corrected chi connectivity index (χ4v) is 1.60. The quantitative estimate of drug-likeness (QED) is 0.645. The second kappa shape index (κ2) is 4.80. The summed E-state index contributed by atoms with van der Waals surface area (Å²) in [5, 5.41) is 8.32. The van der Waals surface area contributed by atoms with Crippen molar-refractivity contribution in [2.45, 2.75) is 19.3 Å². The number of carbonyl (C=O) groups excluding carboxylic acids is 1. The fraction of sp³-hybridized carbons (Fsp3) is 0.778. The van der Waals surface area contributed by atoms with Gasteiger partial charge in [-0.2, -0.15) is 5.26 Å². The molecule has 1 fully saturated rings. The summed E-state index contributed by atoms with van der Waals surface area (Å²) in [6.45, 7) is 0.796. The van der Waals surface area contributed by atoms with Crippen LogP contribution in [0.2, 0.25) is 0 Å². The predicted octanol–water partition coefficient (Wildman–Crippen LogP) is 1.11. The minimum atomic E-state index is -0.365. The standard InChI is InChI=1S/C9H13FN2O/c10-6-8-2-1-5-12(7-8)9(13)3-4-11/h8H,1-3,5-7H2/t8-/m0/s1. The van der Waals surface area contributed by atoms with Crippen molar-refractivity contribution in [2.75, 3.05) is 19.8 Å². The molecule has 0 saturated carbocycles. The normalized spacial score (nSPS) is 22.5. The largest absolute Gasteiger partial charge is 0.341 e. The molecule has 0 spiro atoms. The molecule has 0 aromatic rings. The third kappa shape index (κ3) is 2.69. The monoisotopic (exact) mass is 184 g/mol. The van der Waals surface area contributed by atoms with Crippen LogP contribution in [0.4, 0.5) is 4.39 Å². The van der Waals surface area contributed by atoms with Crippen molar-refractivity contribution in [3.63, 3.8) is 0 Å². The lowest BCUT2D eigenvalue weighted by atomic mass is 9.99. The molecule has 1 aliphatic rings. The number of hydrogen-bond acceptors (Lipinski definition) is 2. The SMILES string of the molecule is N#CCC(=O)N1CCC[C@@H](CF)C1. The first-order chi connectivity index (χ1) is 6.27. The van der Waals surface area contributed by atoms with Gasteiger partial charge in [-0.1, -0.05) is 0 Å². The second-order valence-electron chi connectivity index (χ2n) is 3.34. The van der Waals surface area contributed by atoms with Crippen molar-refractivity contribution in [1.29, 1.82) is 5.26 Å². The Hall–Kier alpha value is -1.11. The van der Waals surface area contributed by atoms with Gasteiger partial charge in [-0.25, -0.2) is 0 Å². The van der Waals surface area contributed by atoms with Crippen LogP contribution in [0.1, 0.15) is 19.3 Å². The molecule has 0 radical (unpaired) electrons. The number of alkyl halides is 1. The molecule has 3 nitrogen and oxygen atoms in total. The van der Waals surface area contributed by atoms with Gasteiger partial charge in [0.1, 0.15) is 6.42 Å². The highest BCUT2D eigenvalue weighted by Gasteiger charge is 2.22. The fourth-order valence-electron chi connectivity index (χ4n) is 1.60. The van der Waals surface area contributed by atoms with Crippen LogP contribution in [0, 0.1) is 17.2 Å². The van der Waals surface area contributed by atoms with Crippen LogP contribution in [-0.2, 0) is 4.79 Å². The molecule has 72 valence electrons. The van der Waals surface area contributed by atoms with Crippen LogP contribution in [0.5, 0.6) is 0 Å². The third-order valence-corrected chi connectivity index (χ3v) is 2.32. The van der Waals surface area contributed by atoms with Crippen molar-refractivity contribution >= 4 is 5.91 Å². The van der Waals surface area contributed by atoms with Crippen molar-refractivity contribution in [3.8, 4) is 6.07 Å². The molecule has 1 rings (SSSR count). The molecular formula is C9H13FN2O. The first-order valence-electron chi connectivity index (χ1n) is 4.48. The van der Waals surface area contributed by atoms with Gasteiger partial charge in [0.05, 0.1) is 12.7 Å². The summed E-state index contributed by atoms with van der Waals surface area (Å²) >= 11 is 0. The first kappa shape index (κ1) is 9.97. The lowest BCUT2D eigenvalue weighted by Crippen LogP contribution is -2.40. The Bertz CT molecular complexity index is 224. The Morgan fingerprint density at radius 3 is 3.08 bits per heavy atom. The zero-order valence-corrected chi connectivity index (χ0v) is 7.50. The van der Waals surface area contributed by atoms with E-state index in [1.807, 2.05) is 6.07 Å². The first-order valence-corrected chi connectivity index (χ1v) is 4.48. The molecule has 0 bridgehead atoms. The zero-order valence-electron chi connectivity index (χ0n) is 7.50. The van der Waals surface area contributed by atoms with Crippen molar-refractivity contribution in [2.24, 2.45) is 5.92 Å². The molecule has 13 heavy (non-hydrogen) atoms. The number of likely N-dealkylation sites (tertiary alicyclic amines) is 1. The molecule has 1 atom stereocenters. The topological polar surface area (TPSA) is 44.1 Å². The summed E-state index contributed by atoms with van der Waals surface area (Å²) in [5.41, 5.74) is 0. The number of carbonyl (C=O) groups is 1. The lowest BCUT2D eigenvalue weighted by molar-refractivity contribution is -0.132. The van der Waals surface area contributed by atoms with Gasteiger partial charge in [-0.05, 0) is 12.8 Å². The smallest absolute Gasteiger partial charge is 0.236 e. The molecule has 1 amide bonds. The van der Waals surface area contributed by atoms with E-state index >= 15 is 0 Å². The summed E-state index contributed by atoms with van der Waals surface area (Å²) in [7, 11) is 0. The predicted molar refractivity (Wildman–Crippen MR) is 45.5 cm³/mol. The Morgan fingerprint density at radius 1 is 1.69 bits per heavy atom. The molecule has 1 aliphatic heterocycles. The summed E-state index contributed by atoms with van der Waals surface area (Å²) in [6.07, 6.45) is 1.62. The number of amides is 1. The Kier molecular flexibility index (Phi) is 3.69. The van der Waals surface area contributed by atoms with E-state index in [1.165, 1.54) is 0 Å². The van der Waals surface area contributed by atoms with Gasteiger partial charge in [-0.3, -0.25) is 9.18 Å². The van der Waals surface area contributed by atoms with Gasteiger partial charge >= 0.3 is 0 Å². The van der Waals surface area contributed by atoms with Crippen molar-refractivity contribution in [1.82, 2.24) is 4.90 Å². The van der Waals surface area contributed by atoms with Gasteiger partial charge in [0.2, 0.25) is 5.91 Å². The van der Waals surface area contributed by atoms with E-state index in [2.05, 4.69) is 0 Å². The number of halogens is 1. The average molecular weight is 184 g/mol. The van der Waals surface area contributed by atoms with E-state index in [0.29, 0.717) is 13.1 Å². The van der Waals surface area contributed by atoms with Crippen LogP contribution in [0.25, 0.3) is 0 Å². The highest BCUT2D eigenvalue weighted by Crippen LogP contribution is 2.17. The van der Waals surface area contributed by atoms with Gasteiger partial charge in [0, 0.05) is 19.0 Å². The molecule has 4 heteroatoms.